The van der Waals surface area contributed by atoms with Crippen LogP contribution in [-0.2, 0) is 30.4 Å². The number of anilines is 1. The minimum Gasteiger partial charge on any atom is -0.444 e. The third kappa shape index (κ3) is 9.07. The zero-order chi connectivity index (χ0) is 29.9. The van der Waals surface area contributed by atoms with Crippen LogP contribution in [0.3, 0.4) is 0 Å². The van der Waals surface area contributed by atoms with Crippen molar-refractivity contribution in [2.45, 2.75) is 45.0 Å². The topological polar surface area (TPSA) is 200 Å². The molecule has 42 heavy (non-hydrogen) atoms. The second kappa shape index (κ2) is 15.0. The number of ether oxygens (including phenoxy) is 3. The number of benzene rings is 1. The van der Waals surface area contributed by atoms with Crippen molar-refractivity contribution < 1.29 is 33.0 Å². The molecule has 2 aliphatic rings. The summed E-state index contributed by atoms with van der Waals surface area (Å²) in [5, 5.41) is 13.2. The summed E-state index contributed by atoms with van der Waals surface area (Å²) in [6.07, 6.45) is 5.56. The monoisotopic (exact) mass is 586 g/mol. The van der Waals surface area contributed by atoms with E-state index in [1.54, 1.807) is 12.1 Å². The normalized spacial score (nSPS) is 17.1. The zero-order valence-electron chi connectivity index (χ0n) is 23.1. The number of carbonyl (C=O) groups is 2. The fraction of sp³-hybridized carbons (Fsp3) is 0.481. The fourth-order valence-electron chi connectivity index (χ4n) is 4.30. The van der Waals surface area contributed by atoms with E-state index in [1.165, 1.54) is 18.5 Å². The molecule has 2 aliphatic heterocycles. The molecule has 4 rings (SSSR count). The molecule has 0 saturated carbocycles. The van der Waals surface area contributed by atoms with Crippen LogP contribution in [0.15, 0.2) is 35.7 Å². The van der Waals surface area contributed by atoms with Crippen LogP contribution in [0.5, 0.6) is 0 Å². The first-order valence-electron chi connectivity index (χ1n) is 13.6. The van der Waals surface area contributed by atoms with Gasteiger partial charge >= 0.3 is 6.09 Å². The highest BCUT2D eigenvalue weighted by Crippen LogP contribution is 2.26. The molecule has 226 valence electrons. The lowest BCUT2D eigenvalue weighted by Gasteiger charge is -2.32. The van der Waals surface area contributed by atoms with Crippen molar-refractivity contribution in [3.05, 3.63) is 42.0 Å². The second-order valence-corrected chi connectivity index (χ2v) is 9.98. The molecule has 0 bridgehead atoms. The summed E-state index contributed by atoms with van der Waals surface area (Å²) in [5.74, 6) is -1.12. The number of guanidine groups is 1. The molecule has 1 aromatic heterocycles. The fourth-order valence-corrected chi connectivity index (χ4v) is 4.30. The van der Waals surface area contributed by atoms with Crippen LogP contribution in [0.4, 0.5) is 15.1 Å². The van der Waals surface area contributed by atoms with Crippen LogP contribution >= 0.6 is 0 Å². The van der Waals surface area contributed by atoms with Gasteiger partial charge in [-0.3, -0.25) is 15.5 Å². The van der Waals surface area contributed by atoms with Gasteiger partial charge in [0.05, 0.1) is 25.4 Å². The van der Waals surface area contributed by atoms with E-state index >= 15 is 4.39 Å². The van der Waals surface area contributed by atoms with Gasteiger partial charge in [-0.15, -0.1) is 0 Å². The molecule has 14 nitrogen and oxygen atoms in total. The number of hydrogen-bond acceptors (Lipinski definition) is 11. The Hall–Kier alpha value is -4.37. The van der Waals surface area contributed by atoms with E-state index in [-0.39, 0.29) is 48.9 Å². The maximum atomic E-state index is 15.1. The van der Waals surface area contributed by atoms with E-state index in [9.17, 15) is 9.59 Å². The standard InChI is InChI=1S/C27H35FN8O6/c28-24-18(16-41-27(38)34-25(30)31)4-3-5-21(24)19-10-32-26(33-11-19)36-12-20(13-36)35-42-15-17(7-8-22(29)37)14-40-23-6-1-2-9-39-23/h3-5,10-11,17,23H,1-2,6-9,12-16H2,(H2,29,37)(H4,30,31,34,38). The SMILES string of the molecule is N=C(N)NC(=O)OCc1cccc(-c2cnc(N3CC(=NOCC(CCC(N)=O)COC4CCCCO4)C3)nc2)c1F. The largest absolute Gasteiger partial charge is 0.444 e. The van der Waals surface area contributed by atoms with Crippen LogP contribution in [0, 0.1) is 17.1 Å². The molecule has 1 aromatic carbocycles. The Labute approximate surface area is 242 Å². The van der Waals surface area contributed by atoms with Gasteiger partial charge in [0, 0.05) is 48.0 Å². The van der Waals surface area contributed by atoms with Crippen LogP contribution in [0.1, 0.15) is 37.7 Å². The van der Waals surface area contributed by atoms with E-state index < -0.39 is 17.9 Å². The predicted molar refractivity (Wildman–Crippen MR) is 150 cm³/mol. The third-order valence-electron chi connectivity index (χ3n) is 6.61. The van der Waals surface area contributed by atoms with Gasteiger partial charge in [0.25, 0.3) is 0 Å². The van der Waals surface area contributed by atoms with Crippen LogP contribution < -0.4 is 21.7 Å². The maximum absolute atomic E-state index is 15.1. The summed E-state index contributed by atoms with van der Waals surface area (Å²) >= 11 is 0. The summed E-state index contributed by atoms with van der Waals surface area (Å²) < 4.78 is 31.4. The van der Waals surface area contributed by atoms with E-state index in [1.807, 2.05) is 10.2 Å². The number of alkyl carbamates (subject to hydrolysis) is 1. The first kappa shape index (κ1) is 30.6. The Morgan fingerprint density at radius 2 is 2.00 bits per heavy atom. The molecular weight excluding hydrogens is 551 g/mol. The van der Waals surface area contributed by atoms with Gasteiger partial charge in [-0.25, -0.2) is 19.2 Å². The van der Waals surface area contributed by atoms with Crippen molar-refractivity contribution >= 4 is 29.6 Å². The van der Waals surface area contributed by atoms with Gasteiger partial charge in [-0.05, 0) is 25.7 Å². The van der Waals surface area contributed by atoms with E-state index in [0.29, 0.717) is 44.2 Å². The summed E-state index contributed by atoms with van der Waals surface area (Å²) in [7, 11) is 0. The molecule has 2 saturated heterocycles. The number of aromatic nitrogens is 2. The molecule has 0 spiro atoms. The number of halogens is 1. The number of nitrogens with zero attached hydrogens (tertiary/aromatic N) is 4. The summed E-state index contributed by atoms with van der Waals surface area (Å²) in [4.78, 5) is 38.9. The average molecular weight is 587 g/mol. The molecule has 0 radical (unpaired) electrons. The smallest absolute Gasteiger partial charge is 0.414 e. The Bertz CT molecular complexity index is 1260. The van der Waals surface area contributed by atoms with E-state index in [4.69, 9.17) is 35.9 Å². The molecule has 2 amide bonds. The van der Waals surface area contributed by atoms with Gasteiger partial charge in [0.1, 0.15) is 19.0 Å². The second-order valence-electron chi connectivity index (χ2n) is 9.98. The Morgan fingerprint density at radius 1 is 1.21 bits per heavy atom. The Kier molecular flexibility index (Phi) is 10.9. The van der Waals surface area contributed by atoms with Gasteiger partial charge in [-0.1, -0.05) is 23.4 Å². The van der Waals surface area contributed by atoms with Crippen molar-refractivity contribution in [2.24, 2.45) is 22.5 Å². The van der Waals surface area contributed by atoms with Gasteiger partial charge in [0.2, 0.25) is 11.9 Å². The first-order valence-corrected chi connectivity index (χ1v) is 13.6. The maximum Gasteiger partial charge on any atom is 0.414 e. The first-order chi connectivity index (χ1) is 20.3. The highest BCUT2D eigenvalue weighted by molar-refractivity contribution is 5.98. The molecular formula is C27H35FN8O6. The lowest BCUT2D eigenvalue weighted by Crippen LogP contribution is -2.48. The lowest BCUT2D eigenvalue weighted by molar-refractivity contribution is -0.172. The number of oxime groups is 1. The number of rotatable bonds is 13. The van der Waals surface area contributed by atoms with E-state index in [0.717, 1.165) is 25.0 Å². The zero-order valence-corrected chi connectivity index (χ0v) is 23.1. The number of primary amides is 1. The Balaban J connectivity index is 1.25. The molecule has 15 heteroatoms. The summed E-state index contributed by atoms with van der Waals surface area (Å²) in [6, 6.07) is 4.68. The van der Waals surface area contributed by atoms with Crippen LogP contribution in [-0.4, -0.2) is 72.8 Å². The van der Waals surface area contributed by atoms with Crippen molar-refractivity contribution in [1.29, 1.82) is 5.41 Å². The summed E-state index contributed by atoms with van der Waals surface area (Å²) in [6.45, 7) is 1.97. The van der Waals surface area contributed by atoms with Crippen molar-refractivity contribution in [1.82, 2.24) is 15.3 Å². The Morgan fingerprint density at radius 3 is 2.69 bits per heavy atom. The van der Waals surface area contributed by atoms with Crippen molar-refractivity contribution in [2.75, 3.05) is 37.8 Å². The number of nitrogens with two attached hydrogens (primary N) is 2. The summed E-state index contributed by atoms with van der Waals surface area (Å²) in [5.41, 5.74) is 12.0. The van der Waals surface area contributed by atoms with Crippen molar-refractivity contribution in [3.63, 3.8) is 0 Å². The third-order valence-corrected chi connectivity index (χ3v) is 6.61. The molecule has 3 heterocycles. The highest BCUT2D eigenvalue weighted by atomic mass is 19.1. The van der Waals surface area contributed by atoms with Gasteiger partial charge < -0.3 is 35.4 Å². The molecule has 2 fully saturated rings. The van der Waals surface area contributed by atoms with Crippen molar-refractivity contribution in [3.8, 4) is 11.1 Å². The quantitative estimate of drug-likeness (QED) is 0.153. The van der Waals surface area contributed by atoms with Gasteiger partial charge in [-0.2, -0.15) is 0 Å². The minimum absolute atomic E-state index is 0.0532. The number of nitrogens with one attached hydrogen (secondary N) is 2. The molecule has 0 aliphatic carbocycles. The number of amides is 2. The molecule has 2 atom stereocenters. The minimum atomic E-state index is -0.954. The molecule has 6 N–H and O–H groups in total. The molecule has 2 aromatic rings. The van der Waals surface area contributed by atoms with E-state index in [2.05, 4.69) is 15.1 Å². The molecule has 2 unspecified atom stereocenters. The predicted octanol–water partition coefficient (Wildman–Crippen LogP) is 2.02. The number of hydrogen-bond donors (Lipinski definition) is 4. The lowest BCUT2D eigenvalue weighted by atomic mass is 10.1. The highest BCUT2D eigenvalue weighted by Gasteiger charge is 2.26. The van der Waals surface area contributed by atoms with Crippen LogP contribution in [0.2, 0.25) is 0 Å². The van der Waals surface area contributed by atoms with Gasteiger partial charge in [0.15, 0.2) is 12.2 Å². The average Bonchev–Trinajstić information content (AvgIpc) is 2.95. The number of carbonyl (C=O) groups excluding carboxylic acids is 2. The van der Waals surface area contributed by atoms with Crippen LogP contribution in [0.25, 0.3) is 11.1 Å².